The van der Waals surface area contributed by atoms with Crippen molar-refractivity contribution in [3.63, 3.8) is 0 Å². The Hall–Kier alpha value is -0.150. The Bertz CT molecular complexity index is 126. The summed E-state index contributed by atoms with van der Waals surface area (Å²) >= 11 is 0. The van der Waals surface area contributed by atoms with Crippen LogP contribution in [0.1, 0.15) is 0 Å². The second-order valence-corrected chi connectivity index (χ2v) is 4.44. The molecule has 0 aliphatic carbocycles. The van der Waals surface area contributed by atoms with Crippen molar-refractivity contribution in [1.29, 1.82) is 0 Å². The van der Waals surface area contributed by atoms with Gasteiger partial charge in [0.25, 0.3) is 0 Å². The molecule has 0 aliphatic heterocycles. The zero-order chi connectivity index (χ0) is 7.98. The Morgan fingerprint density at radius 3 is 2.55 bits per heavy atom. The quantitative estimate of drug-likeness (QED) is 0.285. The fourth-order valence-electron chi connectivity index (χ4n) is 0.368. The lowest BCUT2D eigenvalue weighted by atomic mass is 10.6. The highest BCUT2D eigenvalue weighted by Crippen LogP contribution is 1.85. The van der Waals surface area contributed by atoms with Crippen LogP contribution < -0.4 is 12.4 Å². The SMILES string of the molecule is C=CC(=O)OCC[S+](C)C.[Cl-]. The van der Waals surface area contributed by atoms with E-state index in [1.807, 2.05) is 0 Å². The number of hydrogen-bond donors (Lipinski definition) is 0. The predicted molar refractivity (Wildman–Crippen MR) is 45.2 cm³/mol. The van der Waals surface area contributed by atoms with Crippen LogP contribution in [0.15, 0.2) is 12.7 Å². The van der Waals surface area contributed by atoms with Gasteiger partial charge in [-0.2, -0.15) is 0 Å². The van der Waals surface area contributed by atoms with E-state index >= 15 is 0 Å². The Morgan fingerprint density at radius 2 is 2.18 bits per heavy atom. The molecule has 0 radical (unpaired) electrons. The number of halogens is 1. The molecule has 0 bridgehead atoms. The highest BCUT2D eigenvalue weighted by atomic mass is 35.5. The van der Waals surface area contributed by atoms with Crippen molar-refractivity contribution in [3.8, 4) is 0 Å². The van der Waals surface area contributed by atoms with E-state index < -0.39 is 0 Å². The van der Waals surface area contributed by atoms with Crippen molar-refractivity contribution in [2.45, 2.75) is 0 Å². The summed E-state index contributed by atoms with van der Waals surface area (Å²) in [4.78, 5) is 10.5. The lowest BCUT2D eigenvalue weighted by molar-refractivity contribution is -0.137. The summed E-state index contributed by atoms with van der Waals surface area (Å²) in [5.41, 5.74) is 0. The van der Waals surface area contributed by atoms with Crippen molar-refractivity contribution in [2.75, 3.05) is 24.9 Å². The minimum Gasteiger partial charge on any atom is -1.00 e. The Balaban J connectivity index is 0. The van der Waals surface area contributed by atoms with Crippen LogP contribution >= 0.6 is 0 Å². The molecule has 0 aromatic rings. The van der Waals surface area contributed by atoms with Crippen LogP contribution in [0.2, 0.25) is 0 Å². The molecule has 0 saturated heterocycles. The maximum absolute atomic E-state index is 10.5. The van der Waals surface area contributed by atoms with E-state index in [9.17, 15) is 4.79 Å². The summed E-state index contributed by atoms with van der Waals surface area (Å²) in [6.07, 6.45) is 5.41. The standard InChI is InChI=1S/C7H13O2S.ClH/c1-4-7(8)9-5-6-10(2)3;/h4H,1,5-6H2,2-3H3;1H/q+1;/p-1. The highest BCUT2D eigenvalue weighted by molar-refractivity contribution is 7.95. The Labute approximate surface area is 76.8 Å². The molecule has 0 heterocycles. The van der Waals surface area contributed by atoms with Crippen LogP contribution in [0.5, 0.6) is 0 Å². The molecule has 0 N–H and O–H groups in total. The second kappa shape index (κ2) is 7.95. The summed E-state index contributed by atoms with van der Waals surface area (Å²) in [6, 6.07) is 0. The number of rotatable bonds is 4. The van der Waals surface area contributed by atoms with Crippen LogP contribution in [0, 0.1) is 0 Å². The van der Waals surface area contributed by atoms with Crippen LogP contribution in [0.25, 0.3) is 0 Å². The van der Waals surface area contributed by atoms with Gasteiger partial charge in [0.05, 0.1) is 12.5 Å². The maximum atomic E-state index is 10.5. The average molecular weight is 197 g/mol. The number of ether oxygens (including phenoxy) is 1. The third-order valence-corrected chi connectivity index (χ3v) is 1.89. The van der Waals surface area contributed by atoms with E-state index in [-0.39, 0.29) is 18.4 Å². The van der Waals surface area contributed by atoms with Gasteiger partial charge in [-0.3, -0.25) is 0 Å². The lowest BCUT2D eigenvalue weighted by Crippen LogP contribution is -3.00. The average Bonchev–Trinajstić information content (AvgIpc) is 1.87. The fraction of sp³-hybridized carbons (Fsp3) is 0.571. The molecule has 0 spiro atoms. The first-order chi connectivity index (χ1) is 4.66. The largest absolute Gasteiger partial charge is 1.00 e. The van der Waals surface area contributed by atoms with Gasteiger partial charge in [0.2, 0.25) is 0 Å². The van der Waals surface area contributed by atoms with Crippen molar-refractivity contribution in [1.82, 2.24) is 0 Å². The van der Waals surface area contributed by atoms with Crippen molar-refractivity contribution in [3.05, 3.63) is 12.7 Å². The molecule has 11 heavy (non-hydrogen) atoms. The normalized spacial score (nSPS) is 8.64. The third kappa shape index (κ3) is 9.85. The molecular weight excluding hydrogens is 184 g/mol. The molecule has 0 aromatic carbocycles. The molecule has 0 saturated carbocycles. The maximum Gasteiger partial charge on any atom is 0.330 e. The monoisotopic (exact) mass is 196 g/mol. The summed E-state index contributed by atoms with van der Waals surface area (Å²) in [5.74, 6) is 0.616. The first-order valence-electron chi connectivity index (χ1n) is 3.00. The van der Waals surface area contributed by atoms with Gasteiger partial charge in [0.15, 0.2) is 0 Å². The van der Waals surface area contributed by atoms with Gasteiger partial charge in [0.1, 0.15) is 12.4 Å². The molecule has 0 amide bonds. The predicted octanol–water partition coefficient (Wildman–Crippen LogP) is -2.40. The molecule has 0 aromatic heterocycles. The first kappa shape index (κ1) is 13.4. The molecular formula is C7H13ClO2S. The van der Waals surface area contributed by atoms with E-state index in [0.717, 1.165) is 5.75 Å². The minimum absolute atomic E-state index is 0. The number of carbonyl (C=O) groups is 1. The molecule has 4 heteroatoms. The molecule has 2 nitrogen and oxygen atoms in total. The van der Waals surface area contributed by atoms with E-state index in [1.165, 1.54) is 6.08 Å². The topological polar surface area (TPSA) is 26.3 Å². The number of carbonyl (C=O) groups excluding carboxylic acids is 1. The summed E-state index contributed by atoms with van der Waals surface area (Å²) in [7, 11) is 0.355. The molecule has 0 rings (SSSR count). The lowest BCUT2D eigenvalue weighted by Gasteiger charge is -1.98. The van der Waals surface area contributed by atoms with E-state index in [2.05, 4.69) is 19.1 Å². The van der Waals surface area contributed by atoms with Crippen LogP contribution in [0.3, 0.4) is 0 Å². The molecule has 0 atom stereocenters. The van der Waals surface area contributed by atoms with Gasteiger partial charge in [-0.05, 0) is 10.9 Å². The minimum atomic E-state index is -0.328. The van der Waals surface area contributed by atoms with E-state index in [1.54, 1.807) is 0 Å². The fourth-order valence-corrected chi connectivity index (χ4v) is 0.785. The number of hydrogen-bond acceptors (Lipinski definition) is 2. The van der Waals surface area contributed by atoms with Crippen LogP contribution in [0.4, 0.5) is 0 Å². The second-order valence-electron chi connectivity index (χ2n) is 2.06. The van der Waals surface area contributed by atoms with Gasteiger partial charge >= 0.3 is 5.97 Å². The third-order valence-electron chi connectivity index (χ3n) is 0.903. The van der Waals surface area contributed by atoms with Crippen molar-refractivity contribution in [2.24, 2.45) is 0 Å². The molecule has 66 valence electrons. The van der Waals surface area contributed by atoms with Crippen molar-refractivity contribution < 1.29 is 21.9 Å². The summed E-state index contributed by atoms with van der Waals surface area (Å²) in [5, 5.41) is 0. The molecule has 0 unspecified atom stereocenters. The zero-order valence-corrected chi connectivity index (χ0v) is 8.37. The summed E-state index contributed by atoms with van der Waals surface area (Å²) < 4.78 is 4.75. The first-order valence-corrected chi connectivity index (χ1v) is 5.21. The molecule has 0 aliphatic rings. The van der Waals surface area contributed by atoms with Crippen LogP contribution in [-0.2, 0) is 20.4 Å². The van der Waals surface area contributed by atoms with E-state index in [4.69, 9.17) is 4.74 Å². The summed E-state index contributed by atoms with van der Waals surface area (Å²) in [6.45, 7) is 3.80. The van der Waals surface area contributed by atoms with Gasteiger partial charge in [-0.15, -0.1) is 0 Å². The van der Waals surface area contributed by atoms with Crippen LogP contribution in [-0.4, -0.2) is 30.8 Å². The highest BCUT2D eigenvalue weighted by Gasteiger charge is 2.02. The Kier molecular flexibility index (Phi) is 9.72. The molecule has 0 fully saturated rings. The number of esters is 1. The van der Waals surface area contributed by atoms with Gasteiger partial charge < -0.3 is 17.1 Å². The van der Waals surface area contributed by atoms with Gasteiger partial charge in [0, 0.05) is 6.08 Å². The van der Waals surface area contributed by atoms with E-state index in [0.29, 0.717) is 17.5 Å². The van der Waals surface area contributed by atoms with Gasteiger partial charge in [-0.1, -0.05) is 6.58 Å². The smallest absolute Gasteiger partial charge is 0.330 e. The zero-order valence-electron chi connectivity index (χ0n) is 6.80. The van der Waals surface area contributed by atoms with Gasteiger partial charge in [-0.25, -0.2) is 4.79 Å². The Morgan fingerprint density at radius 1 is 1.64 bits per heavy atom. The van der Waals surface area contributed by atoms with Crippen molar-refractivity contribution >= 4 is 16.9 Å².